The topological polar surface area (TPSA) is 167 Å². The Morgan fingerprint density at radius 2 is 1.71 bits per heavy atom. The maximum Gasteiger partial charge on any atom is 0.249 e. The number of piperidine rings is 3. The molecule has 4 N–H and O–H groups in total. The Balaban J connectivity index is 0.668. The molecule has 3 amide bonds. The predicted molar refractivity (Wildman–Crippen MR) is 247 cm³/mol. The summed E-state index contributed by atoms with van der Waals surface area (Å²) in [4.78, 5) is 47.0. The van der Waals surface area contributed by atoms with Gasteiger partial charge in [-0.3, -0.25) is 24.6 Å². The number of aromatic hydroxyl groups is 1. The number of phenolic OH excluding ortho intramolecular Hbond substituents is 1. The van der Waals surface area contributed by atoms with Crippen LogP contribution in [0.4, 0.5) is 17.2 Å². The van der Waals surface area contributed by atoms with E-state index in [1.807, 2.05) is 29.2 Å². The maximum atomic E-state index is 13.6. The second kappa shape index (κ2) is 17.2. The summed E-state index contributed by atoms with van der Waals surface area (Å²) in [7, 11) is 0. The van der Waals surface area contributed by atoms with E-state index in [4.69, 9.17) is 15.2 Å². The molecular weight excluding hydrogens is 821 g/mol. The molecule has 1 aromatic heterocycles. The van der Waals surface area contributed by atoms with Crippen LogP contribution in [0.15, 0.2) is 72.8 Å². The number of carbonyl (C=O) groups excluding carboxylic acids is 3. The normalized spacial score (nSPS) is 27.2. The number of phenols is 1. The lowest BCUT2D eigenvalue weighted by atomic mass is 9.52. The number of para-hydroxylation sites is 2. The van der Waals surface area contributed by atoms with Crippen molar-refractivity contribution in [1.29, 1.82) is 0 Å². The Kier molecular flexibility index (Phi) is 11.0. The highest BCUT2D eigenvalue weighted by molar-refractivity contribution is 6.02. The van der Waals surface area contributed by atoms with Crippen molar-refractivity contribution in [2.24, 2.45) is 17.8 Å². The van der Waals surface area contributed by atoms with Gasteiger partial charge in [0.25, 0.3) is 0 Å². The largest absolute Gasteiger partial charge is 0.507 e. The van der Waals surface area contributed by atoms with Gasteiger partial charge in [-0.15, -0.1) is 10.2 Å². The van der Waals surface area contributed by atoms with Crippen LogP contribution in [0.5, 0.6) is 17.2 Å². The van der Waals surface area contributed by atoms with Crippen molar-refractivity contribution >= 4 is 34.9 Å². The molecule has 3 aromatic carbocycles. The van der Waals surface area contributed by atoms with Crippen LogP contribution >= 0.6 is 0 Å². The molecule has 4 saturated heterocycles. The van der Waals surface area contributed by atoms with Crippen LogP contribution in [0.25, 0.3) is 11.3 Å². The third-order valence-corrected chi connectivity index (χ3v) is 16.1. The summed E-state index contributed by atoms with van der Waals surface area (Å²) in [6, 6.07) is 24.0. The molecule has 2 aliphatic carbocycles. The fourth-order valence-corrected chi connectivity index (χ4v) is 12.9. The van der Waals surface area contributed by atoms with Gasteiger partial charge in [-0.25, -0.2) is 0 Å². The number of nitrogens with two attached hydrogens (primary N) is 1. The standard InChI is InChI=1S/C51H60N8O6/c52-49-44(27-41(54-55-49)39-7-1-2-10-45(39)60)58-20-15-34-29-51(28-32(30-58)25-40(34)51)35-5-3-6-37(26-35)65-36-16-21-57(22-17-36)47(62)31-56-18-13-33(14-19-56)38-8-4-9-42-48(38)64-24-23-59(42)43-11-12-46(61)53-50(43)63/h1-10,26-27,32-34,36,40,43,60H,11-25,28-31H2,(H2,52,55)(H,53,61,63)/t32-,34+,40?,43?,51?/m1/s1. The Morgan fingerprint density at radius 3 is 2.54 bits per heavy atom. The average molecular weight is 881 g/mol. The van der Waals surface area contributed by atoms with Gasteiger partial charge in [-0.05, 0) is 135 Å². The van der Waals surface area contributed by atoms with Gasteiger partial charge in [-0.2, -0.15) is 0 Å². The molecule has 0 spiro atoms. The third-order valence-electron chi connectivity index (χ3n) is 16.1. The molecule has 6 heterocycles. The van der Waals surface area contributed by atoms with Crippen LogP contribution in [-0.2, 0) is 19.8 Å². The van der Waals surface area contributed by atoms with Gasteiger partial charge in [0.1, 0.15) is 36.0 Å². The number of ether oxygens (including phenoxy) is 2. The number of imide groups is 1. The molecule has 14 nitrogen and oxygen atoms in total. The lowest BCUT2D eigenvalue weighted by Crippen LogP contribution is -2.54. The molecule has 2 saturated carbocycles. The first-order chi connectivity index (χ1) is 31.7. The Morgan fingerprint density at radius 1 is 0.877 bits per heavy atom. The minimum Gasteiger partial charge on any atom is -0.507 e. The van der Waals surface area contributed by atoms with E-state index in [1.165, 1.54) is 24.0 Å². The number of hydrogen-bond acceptors (Lipinski definition) is 12. The summed E-state index contributed by atoms with van der Waals surface area (Å²) in [5.41, 5.74) is 12.3. The molecule has 4 aromatic rings. The number of fused-ring (bicyclic) bond motifs is 2. The van der Waals surface area contributed by atoms with Crippen LogP contribution in [-0.4, -0.2) is 114 Å². The average Bonchev–Trinajstić information content (AvgIpc) is 3.66. The number of benzene rings is 3. The Labute approximate surface area is 380 Å². The van der Waals surface area contributed by atoms with Gasteiger partial charge in [0.05, 0.1) is 30.2 Å². The fourth-order valence-electron chi connectivity index (χ4n) is 12.9. The summed E-state index contributed by atoms with van der Waals surface area (Å²) >= 11 is 0. The minimum atomic E-state index is -0.370. The van der Waals surface area contributed by atoms with Crippen LogP contribution in [0.3, 0.4) is 0 Å². The van der Waals surface area contributed by atoms with Gasteiger partial charge < -0.3 is 35.0 Å². The lowest BCUT2D eigenvalue weighted by Gasteiger charge is -2.53. The zero-order chi connectivity index (χ0) is 44.2. The minimum absolute atomic E-state index is 0.0755. The zero-order valence-corrected chi connectivity index (χ0v) is 37.1. The number of nitrogen functional groups attached to an aromatic ring is 1. The van der Waals surface area contributed by atoms with Crippen molar-refractivity contribution in [3.63, 3.8) is 0 Å². The van der Waals surface area contributed by atoms with Gasteiger partial charge in [-0.1, -0.05) is 36.4 Å². The number of rotatable bonds is 9. The molecule has 340 valence electrons. The second-order valence-corrected chi connectivity index (χ2v) is 19.8. The molecule has 14 heteroatoms. The van der Waals surface area contributed by atoms with E-state index in [-0.39, 0.29) is 41.0 Å². The number of nitrogens with zero attached hydrogens (tertiary/aromatic N) is 6. The second-order valence-electron chi connectivity index (χ2n) is 19.8. The van der Waals surface area contributed by atoms with Crippen LogP contribution in [0.2, 0.25) is 0 Å². The van der Waals surface area contributed by atoms with Gasteiger partial charge >= 0.3 is 0 Å². The van der Waals surface area contributed by atoms with E-state index in [1.54, 1.807) is 12.1 Å². The molecular formula is C51H60N8O6. The zero-order valence-electron chi connectivity index (χ0n) is 37.1. The molecule has 3 unspecified atom stereocenters. The Bertz CT molecular complexity index is 2470. The van der Waals surface area contributed by atoms with E-state index in [9.17, 15) is 19.5 Å². The van der Waals surface area contributed by atoms with Crippen LogP contribution in [0.1, 0.15) is 81.3 Å². The molecule has 0 radical (unpaired) electrons. The smallest absolute Gasteiger partial charge is 0.249 e. The molecule has 2 bridgehead atoms. The highest BCUT2D eigenvalue weighted by atomic mass is 16.5. The fraction of sp³-hybridized carbons (Fsp3) is 0.510. The summed E-state index contributed by atoms with van der Waals surface area (Å²) < 4.78 is 13.0. The Hall–Kier alpha value is -5.89. The van der Waals surface area contributed by atoms with Crippen molar-refractivity contribution in [3.8, 4) is 28.5 Å². The summed E-state index contributed by atoms with van der Waals surface area (Å²) in [5.74, 6) is 4.35. The number of likely N-dealkylation sites (tertiary alicyclic amines) is 2. The maximum absolute atomic E-state index is 13.6. The van der Waals surface area contributed by atoms with Gasteiger partial charge in [0, 0.05) is 51.0 Å². The van der Waals surface area contributed by atoms with E-state index in [2.05, 4.69) is 66.6 Å². The van der Waals surface area contributed by atoms with E-state index >= 15 is 0 Å². The number of amides is 3. The lowest BCUT2D eigenvalue weighted by molar-refractivity contribution is -0.135. The van der Waals surface area contributed by atoms with E-state index in [0.717, 1.165) is 87.6 Å². The number of carbonyl (C=O) groups is 3. The van der Waals surface area contributed by atoms with E-state index in [0.29, 0.717) is 86.4 Å². The van der Waals surface area contributed by atoms with Crippen molar-refractivity contribution in [3.05, 3.63) is 83.9 Å². The number of hydrogen-bond donors (Lipinski definition) is 3. The quantitative estimate of drug-likeness (QED) is 0.171. The monoisotopic (exact) mass is 880 g/mol. The predicted octanol–water partition coefficient (Wildman–Crippen LogP) is 5.88. The van der Waals surface area contributed by atoms with Crippen LogP contribution in [0, 0.1) is 17.8 Å². The summed E-state index contributed by atoms with van der Waals surface area (Å²) in [6.07, 6.45) is 9.10. The van der Waals surface area contributed by atoms with Crippen molar-refractivity contribution in [2.75, 3.05) is 74.5 Å². The number of nitrogens with one attached hydrogen (secondary N) is 1. The molecule has 65 heavy (non-hydrogen) atoms. The van der Waals surface area contributed by atoms with Crippen molar-refractivity contribution in [2.45, 2.75) is 87.7 Å². The van der Waals surface area contributed by atoms with E-state index < -0.39 is 0 Å². The highest BCUT2D eigenvalue weighted by Crippen LogP contribution is 2.65. The molecule has 6 fully saturated rings. The van der Waals surface area contributed by atoms with Crippen LogP contribution < -0.4 is 30.3 Å². The first-order valence-electron chi connectivity index (χ1n) is 24.0. The number of aromatic nitrogens is 2. The molecule has 5 atom stereocenters. The highest BCUT2D eigenvalue weighted by Gasteiger charge is 2.60. The summed E-state index contributed by atoms with van der Waals surface area (Å²) in [6.45, 7) is 6.48. The first-order valence-corrected chi connectivity index (χ1v) is 24.0. The SMILES string of the molecule is Nc1nnc(-c2ccccc2O)cc1N1CC[C@H]2CC3(c4cccc(OC5CCN(C(=O)CN6CCC(c7cccc8c7OCCN8C7CCC(=O)NC7=O)CC6)CC5)c4)C[C@@H](CC23)C1. The van der Waals surface area contributed by atoms with Gasteiger partial charge in [0.15, 0.2) is 5.82 Å². The summed E-state index contributed by atoms with van der Waals surface area (Å²) in [5, 5.41) is 21.7. The molecule has 5 aliphatic heterocycles. The van der Waals surface area contributed by atoms with Gasteiger partial charge in [0.2, 0.25) is 17.7 Å². The van der Waals surface area contributed by atoms with Crippen molar-refractivity contribution < 1.29 is 29.0 Å². The third kappa shape index (κ3) is 7.91. The number of anilines is 3. The molecule has 7 aliphatic rings. The first kappa shape index (κ1) is 41.8. The molecule has 11 rings (SSSR count). The van der Waals surface area contributed by atoms with Crippen molar-refractivity contribution in [1.82, 2.24) is 25.3 Å².